The lowest BCUT2D eigenvalue weighted by molar-refractivity contribution is -0.142. The van der Waals surface area contributed by atoms with Crippen LogP contribution in [-0.2, 0) is 19.1 Å². The molecule has 27 heavy (non-hydrogen) atoms. The number of methoxy groups -OCH3 is 1. The highest BCUT2D eigenvalue weighted by Crippen LogP contribution is 2.19. The van der Waals surface area contributed by atoms with Gasteiger partial charge in [-0.25, -0.2) is 14.0 Å². The predicted molar refractivity (Wildman–Crippen MR) is 97.8 cm³/mol. The maximum absolute atomic E-state index is 13.0. The predicted octanol–water partition coefficient (Wildman–Crippen LogP) is 3.46. The van der Waals surface area contributed by atoms with Crippen LogP contribution in [0.25, 0.3) is 6.08 Å². The molecule has 0 aliphatic heterocycles. The summed E-state index contributed by atoms with van der Waals surface area (Å²) in [7, 11) is 1.28. The molecule has 0 atom stereocenters. The molecule has 0 radical (unpaired) electrons. The fraction of sp³-hybridized carbons (Fsp3) is 0.105. The molecule has 0 aliphatic rings. The van der Waals surface area contributed by atoms with Gasteiger partial charge in [-0.15, -0.1) is 0 Å². The van der Waals surface area contributed by atoms with E-state index in [0.717, 1.165) is 12.1 Å². The van der Waals surface area contributed by atoms with E-state index in [1.807, 2.05) is 0 Å². The number of anilines is 1. The van der Waals surface area contributed by atoms with Crippen molar-refractivity contribution in [2.75, 3.05) is 19.0 Å². The van der Waals surface area contributed by atoms with Gasteiger partial charge in [0, 0.05) is 11.8 Å². The van der Waals surface area contributed by atoms with Gasteiger partial charge in [0.2, 0.25) is 0 Å². The Bertz CT molecular complexity index is 880. The molecular formula is C19H15ClFNO5. The molecule has 1 N–H and O–H groups in total. The summed E-state index contributed by atoms with van der Waals surface area (Å²) in [6.07, 6.45) is 2.62. The van der Waals surface area contributed by atoms with Gasteiger partial charge < -0.3 is 14.8 Å². The molecule has 0 unspecified atom stereocenters. The molecule has 0 bridgehead atoms. The van der Waals surface area contributed by atoms with E-state index in [1.165, 1.54) is 25.3 Å². The summed E-state index contributed by atoms with van der Waals surface area (Å²) in [5.74, 6) is -2.38. The normalized spacial score (nSPS) is 10.5. The smallest absolute Gasteiger partial charge is 0.337 e. The molecule has 6 nitrogen and oxygen atoms in total. The molecular weight excluding hydrogens is 377 g/mol. The largest absolute Gasteiger partial charge is 0.465 e. The fourth-order valence-electron chi connectivity index (χ4n) is 1.97. The number of nitrogens with one attached hydrogen (secondary N) is 1. The SMILES string of the molecule is COC(=O)c1ccc(/C=C/C(=O)OCC(=O)Nc2ccc(F)c(Cl)c2)cc1. The molecule has 2 aromatic carbocycles. The number of amides is 1. The highest BCUT2D eigenvalue weighted by atomic mass is 35.5. The van der Waals surface area contributed by atoms with Crippen LogP contribution in [0.1, 0.15) is 15.9 Å². The van der Waals surface area contributed by atoms with Gasteiger partial charge >= 0.3 is 11.9 Å². The third-order valence-corrected chi connectivity index (χ3v) is 3.58. The van der Waals surface area contributed by atoms with Crippen molar-refractivity contribution in [3.63, 3.8) is 0 Å². The summed E-state index contributed by atoms with van der Waals surface area (Å²) in [5, 5.41) is 2.29. The highest BCUT2D eigenvalue weighted by Gasteiger charge is 2.08. The monoisotopic (exact) mass is 391 g/mol. The Morgan fingerprint density at radius 1 is 1.15 bits per heavy atom. The first-order valence-corrected chi connectivity index (χ1v) is 8.05. The summed E-state index contributed by atoms with van der Waals surface area (Å²) in [6, 6.07) is 10.0. The number of benzene rings is 2. The lowest BCUT2D eigenvalue weighted by atomic mass is 10.1. The van der Waals surface area contributed by atoms with E-state index < -0.39 is 30.3 Å². The second kappa shape index (κ2) is 9.49. The minimum atomic E-state index is -0.723. The Labute approximate surface area is 159 Å². The fourth-order valence-corrected chi connectivity index (χ4v) is 2.15. The average molecular weight is 392 g/mol. The summed E-state index contributed by atoms with van der Waals surface area (Å²) in [4.78, 5) is 34.7. The van der Waals surface area contributed by atoms with Crippen molar-refractivity contribution in [1.82, 2.24) is 0 Å². The van der Waals surface area contributed by atoms with Crippen molar-refractivity contribution in [1.29, 1.82) is 0 Å². The van der Waals surface area contributed by atoms with Crippen molar-refractivity contribution >= 4 is 41.2 Å². The summed E-state index contributed by atoms with van der Waals surface area (Å²) >= 11 is 5.61. The lowest BCUT2D eigenvalue weighted by Crippen LogP contribution is -2.20. The van der Waals surface area contributed by atoms with Gasteiger partial charge in [-0.1, -0.05) is 23.7 Å². The first-order valence-electron chi connectivity index (χ1n) is 7.67. The molecule has 0 saturated carbocycles. The average Bonchev–Trinajstić information content (AvgIpc) is 2.67. The van der Waals surface area contributed by atoms with E-state index in [9.17, 15) is 18.8 Å². The highest BCUT2D eigenvalue weighted by molar-refractivity contribution is 6.31. The van der Waals surface area contributed by atoms with E-state index in [0.29, 0.717) is 11.1 Å². The Morgan fingerprint density at radius 3 is 2.48 bits per heavy atom. The van der Waals surface area contributed by atoms with Gasteiger partial charge in [-0.3, -0.25) is 4.79 Å². The van der Waals surface area contributed by atoms with Gasteiger partial charge in [0.25, 0.3) is 5.91 Å². The summed E-state index contributed by atoms with van der Waals surface area (Å²) in [6.45, 7) is -0.514. The quantitative estimate of drug-likeness (QED) is 0.602. The van der Waals surface area contributed by atoms with Crippen LogP contribution in [0.3, 0.4) is 0 Å². The zero-order valence-electron chi connectivity index (χ0n) is 14.2. The molecule has 0 heterocycles. The number of halogens is 2. The van der Waals surface area contributed by atoms with Gasteiger partial charge in [0.05, 0.1) is 17.7 Å². The number of rotatable bonds is 6. The van der Waals surface area contributed by atoms with Crippen LogP contribution in [-0.4, -0.2) is 31.6 Å². The van der Waals surface area contributed by atoms with Crippen molar-refractivity contribution in [2.45, 2.75) is 0 Å². The van der Waals surface area contributed by atoms with E-state index in [4.69, 9.17) is 16.3 Å². The number of ether oxygens (including phenoxy) is 2. The number of hydrogen-bond donors (Lipinski definition) is 1. The van der Waals surface area contributed by atoms with Crippen LogP contribution in [0.15, 0.2) is 48.5 Å². The van der Waals surface area contributed by atoms with Crippen molar-refractivity contribution in [3.8, 4) is 0 Å². The standard InChI is InChI=1S/C19H15ClFNO5/c1-26-19(25)13-5-2-12(3-6-13)4-9-18(24)27-11-17(23)22-14-7-8-16(21)15(20)10-14/h2-10H,11H2,1H3,(H,22,23)/b9-4+. The van der Waals surface area contributed by atoms with Gasteiger partial charge in [-0.05, 0) is 42.0 Å². The van der Waals surface area contributed by atoms with Crippen LogP contribution < -0.4 is 5.32 Å². The lowest BCUT2D eigenvalue weighted by Gasteiger charge is -2.06. The van der Waals surface area contributed by atoms with E-state index in [2.05, 4.69) is 10.1 Å². The van der Waals surface area contributed by atoms with Crippen molar-refractivity contribution in [2.24, 2.45) is 0 Å². The van der Waals surface area contributed by atoms with E-state index in [-0.39, 0.29) is 10.7 Å². The molecule has 140 valence electrons. The molecule has 2 rings (SSSR count). The molecule has 0 aromatic heterocycles. The molecule has 0 aliphatic carbocycles. The molecule has 0 saturated heterocycles. The molecule has 1 amide bonds. The topological polar surface area (TPSA) is 81.7 Å². The van der Waals surface area contributed by atoms with Crippen LogP contribution >= 0.6 is 11.6 Å². The van der Waals surface area contributed by atoms with Crippen LogP contribution in [0.2, 0.25) is 5.02 Å². The maximum Gasteiger partial charge on any atom is 0.337 e. The zero-order valence-corrected chi connectivity index (χ0v) is 15.0. The Hall–Kier alpha value is -3.19. The van der Waals surface area contributed by atoms with Gasteiger partial charge in [0.15, 0.2) is 6.61 Å². The van der Waals surface area contributed by atoms with E-state index >= 15 is 0 Å². The first-order chi connectivity index (χ1) is 12.9. The van der Waals surface area contributed by atoms with Gasteiger partial charge in [0.1, 0.15) is 5.82 Å². The zero-order chi connectivity index (χ0) is 19.8. The number of esters is 2. The number of hydrogen-bond acceptors (Lipinski definition) is 5. The molecule has 2 aromatic rings. The first kappa shape index (κ1) is 20.1. The second-order valence-corrected chi connectivity index (χ2v) is 5.64. The third-order valence-electron chi connectivity index (χ3n) is 3.29. The summed E-state index contributed by atoms with van der Waals surface area (Å²) < 4.78 is 22.5. The molecule has 8 heteroatoms. The minimum Gasteiger partial charge on any atom is -0.465 e. The van der Waals surface area contributed by atoms with E-state index in [1.54, 1.807) is 24.3 Å². The van der Waals surface area contributed by atoms with Crippen molar-refractivity contribution in [3.05, 3.63) is 70.5 Å². The van der Waals surface area contributed by atoms with Crippen LogP contribution in [0.4, 0.5) is 10.1 Å². The maximum atomic E-state index is 13.0. The molecule has 0 spiro atoms. The molecule has 0 fully saturated rings. The van der Waals surface area contributed by atoms with Crippen LogP contribution in [0.5, 0.6) is 0 Å². The Kier molecular flexibility index (Phi) is 7.08. The second-order valence-electron chi connectivity index (χ2n) is 5.23. The van der Waals surface area contributed by atoms with Gasteiger partial charge in [-0.2, -0.15) is 0 Å². The Balaban J connectivity index is 1.82. The van der Waals surface area contributed by atoms with Crippen molar-refractivity contribution < 1.29 is 28.2 Å². The Morgan fingerprint density at radius 2 is 1.85 bits per heavy atom. The van der Waals surface area contributed by atoms with Crippen LogP contribution in [0, 0.1) is 5.82 Å². The number of carbonyl (C=O) groups excluding carboxylic acids is 3. The minimum absolute atomic E-state index is 0.133. The number of carbonyl (C=O) groups is 3. The summed E-state index contributed by atoms with van der Waals surface area (Å²) in [5.41, 5.74) is 1.32. The third kappa shape index (κ3) is 6.23.